The van der Waals surface area contributed by atoms with Crippen LogP contribution in [0.5, 0.6) is 11.5 Å². The highest BCUT2D eigenvalue weighted by Crippen LogP contribution is 2.31. The van der Waals surface area contributed by atoms with Crippen molar-refractivity contribution < 1.29 is 19.0 Å². The third kappa shape index (κ3) is 3.49. The number of fused-ring (bicyclic) bond motifs is 1. The summed E-state index contributed by atoms with van der Waals surface area (Å²) in [5.74, 6) is 0.828. The van der Waals surface area contributed by atoms with E-state index in [1.165, 1.54) is 11.3 Å². The predicted molar refractivity (Wildman–Crippen MR) is 94.1 cm³/mol. The van der Waals surface area contributed by atoms with Gasteiger partial charge < -0.3 is 14.2 Å². The van der Waals surface area contributed by atoms with Crippen LogP contribution < -0.4 is 9.47 Å². The van der Waals surface area contributed by atoms with Crippen molar-refractivity contribution in [2.24, 2.45) is 0 Å². The fourth-order valence-electron chi connectivity index (χ4n) is 2.48. The molecule has 3 aromatic rings. The van der Waals surface area contributed by atoms with Crippen molar-refractivity contribution in [3.05, 3.63) is 65.2 Å². The summed E-state index contributed by atoms with van der Waals surface area (Å²) >= 11 is 1.51. The van der Waals surface area contributed by atoms with E-state index in [2.05, 4.69) is 4.98 Å². The van der Waals surface area contributed by atoms with E-state index in [4.69, 9.17) is 14.2 Å². The second kappa shape index (κ2) is 6.94. The molecule has 0 spiro atoms. The van der Waals surface area contributed by atoms with E-state index in [0.717, 1.165) is 15.4 Å². The third-order valence-electron chi connectivity index (χ3n) is 3.70. The Bertz CT molecular complexity index is 891. The highest BCUT2D eigenvalue weighted by molar-refractivity contribution is 7.15. The van der Waals surface area contributed by atoms with Crippen molar-refractivity contribution in [2.75, 3.05) is 13.2 Å². The lowest BCUT2D eigenvalue weighted by Crippen LogP contribution is -2.16. The fourth-order valence-corrected chi connectivity index (χ4v) is 3.31. The van der Waals surface area contributed by atoms with Gasteiger partial charge in [0.1, 0.15) is 24.8 Å². The van der Waals surface area contributed by atoms with Crippen LogP contribution in [0.2, 0.25) is 0 Å². The first kappa shape index (κ1) is 15.7. The maximum atomic E-state index is 12.2. The van der Waals surface area contributed by atoms with Crippen molar-refractivity contribution in [3.63, 3.8) is 0 Å². The SMILES string of the molecule is O=C(OCc1cnc(-c2ccccc2)s1)c1ccc2c(c1)OCCO2. The summed E-state index contributed by atoms with van der Waals surface area (Å²) in [6.45, 7) is 1.19. The lowest BCUT2D eigenvalue weighted by molar-refractivity contribution is 0.0475. The Balaban J connectivity index is 1.41. The Hall–Kier alpha value is -2.86. The number of carbonyl (C=O) groups excluding carboxylic acids is 1. The molecule has 0 bridgehead atoms. The predicted octanol–water partition coefficient (Wildman–Crippen LogP) is 3.94. The minimum atomic E-state index is -0.397. The Morgan fingerprint density at radius 2 is 1.88 bits per heavy atom. The smallest absolute Gasteiger partial charge is 0.338 e. The van der Waals surface area contributed by atoms with Gasteiger partial charge in [-0.3, -0.25) is 0 Å². The number of benzene rings is 2. The van der Waals surface area contributed by atoms with Crippen LogP contribution in [0, 0.1) is 0 Å². The van der Waals surface area contributed by atoms with Gasteiger partial charge in [-0.05, 0) is 18.2 Å². The van der Waals surface area contributed by atoms with Crippen LogP contribution in [-0.4, -0.2) is 24.2 Å². The number of nitrogens with zero attached hydrogens (tertiary/aromatic N) is 1. The quantitative estimate of drug-likeness (QED) is 0.665. The van der Waals surface area contributed by atoms with E-state index in [1.807, 2.05) is 30.3 Å². The Labute approximate surface area is 148 Å². The lowest BCUT2D eigenvalue weighted by atomic mass is 10.2. The molecule has 126 valence electrons. The standard InChI is InChI=1S/C19H15NO4S/c21-19(14-6-7-16-17(10-14)23-9-8-22-16)24-12-15-11-20-18(25-15)13-4-2-1-3-5-13/h1-7,10-11H,8-9,12H2. The molecule has 1 aliphatic rings. The van der Waals surface area contributed by atoms with Crippen LogP contribution in [0.4, 0.5) is 0 Å². The number of thiazole rings is 1. The molecule has 0 atom stereocenters. The van der Waals surface area contributed by atoms with Gasteiger partial charge in [0.25, 0.3) is 0 Å². The monoisotopic (exact) mass is 353 g/mol. The second-order valence-corrected chi connectivity index (χ2v) is 6.55. The van der Waals surface area contributed by atoms with Gasteiger partial charge in [-0.15, -0.1) is 11.3 Å². The summed E-state index contributed by atoms with van der Waals surface area (Å²) in [6.07, 6.45) is 1.74. The number of hydrogen-bond acceptors (Lipinski definition) is 6. The van der Waals surface area contributed by atoms with Crippen molar-refractivity contribution in [1.82, 2.24) is 4.98 Å². The van der Waals surface area contributed by atoms with Gasteiger partial charge in [-0.2, -0.15) is 0 Å². The van der Waals surface area contributed by atoms with Crippen molar-refractivity contribution in [1.29, 1.82) is 0 Å². The summed E-state index contributed by atoms with van der Waals surface area (Å²) in [4.78, 5) is 17.5. The van der Waals surface area contributed by atoms with Crippen LogP contribution in [0.3, 0.4) is 0 Å². The number of hydrogen-bond donors (Lipinski definition) is 0. The number of esters is 1. The molecule has 0 fully saturated rings. The van der Waals surface area contributed by atoms with Crippen molar-refractivity contribution >= 4 is 17.3 Å². The lowest BCUT2D eigenvalue weighted by Gasteiger charge is -2.18. The third-order valence-corrected chi connectivity index (χ3v) is 4.72. The average molecular weight is 353 g/mol. The largest absolute Gasteiger partial charge is 0.486 e. The first-order valence-corrected chi connectivity index (χ1v) is 8.68. The van der Waals surface area contributed by atoms with Gasteiger partial charge in [-0.1, -0.05) is 30.3 Å². The van der Waals surface area contributed by atoms with Gasteiger partial charge in [0.05, 0.1) is 10.4 Å². The summed E-state index contributed by atoms with van der Waals surface area (Å²) in [5.41, 5.74) is 1.49. The summed E-state index contributed by atoms with van der Waals surface area (Å²) < 4.78 is 16.3. The first-order valence-electron chi connectivity index (χ1n) is 7.86. The molecule has 0 unspecified atom stereocenters. The van der Waals surface area contributed by atoms with Gasteiger partial charge in [0.15, 0.2) is 11.5 Å². The summed E-state index contributed by atoms with van der Waals surface area (Å²) in [6, 6.07) is 15.0. The second-order valence-electron chi connectivity index (χ2n) is 5.43. The Morgan fingerprint density at radius 3 is 2.72 bits per heavy atom. The maximum absolute atomic E-state index is 12.2. The van der Waals surface area contributed by atoms with E-state index < -0.39 is 5.97 Å². The molecule has 25 heavy (non-hydrogen) atoms. The molecule has 5 nitrogen and oxygen atoms in total. The molecule has 1 aromatic heterocycles. The molecular formula is C19H15NO4S. The average Bonchev–Trinajstić information content (AvgIpc) is 3.15. The topological polar surface area (TPSA) is 57.7 Å². The van der Waals surface area contributed by atoms with Crippen molar-refractivity contribution in [3.8, 4) is 22.1 Å². The summed E-state index contributed by atoms with van der Waals surface area (Å²) in [7, 11) is 0. The van der Waals surface area contributed by atoms with Gasteiger partial charge >= 0.3 is 5.97 Å². The molecule has 0 N–H and O–H groups in total. The fraction of sp³-hybridized carbons (Fsp3) is 0.158. The molecule has 2 aromatic carbocycles. The Kier molecular flexibility index (Phi) is 4.35. The molecule has 0 amide bonds. The number of ether oxygens (including phenoxy) is 3. The van der Waals surface area contributed by atoms with Gasteiger partial charge in [-0.25, -0.2) is 9.78 Å². The molecule has 6 heteroatoms. The minimum Gasteiger partial charge on any atom is -0.486 e. The van der Waals surface area contributed by atoms with Crippen molar-refractivity contribution in [2.45, 2.75) is 6.61 Å². The molecule has 0 saturated heterocycles. The van der Waals surface area contributed by atoms with Crippen LogP contribution in [0.1, 0.15) is 15.2 Å². The number of carbonyl (C=O) groups is 1. The highest BCUT2D eigenvalue weighted by atomic mass is 32.1. The Morgan fingerprint density at radius 1 is 1.08 bits per heavy atom. The van der Waals surface area contributed by atoms with E-state index in [0.29, 0.717) is 30.3 Å². The summed E-state index contributed by atoms with van der Waals surface area (Å²) in [5, 5.41) is 0.908. The van der Waals surface area contributed by atoms with Crippen LogP contribution in [0.25, 0.3) is 10.6 Å². The van der Waals surface area contributed by atoms with E-state index >= 15 is 0 Å². The molecule has 4 rings (SSSR count). The van der Waals surface area contributed by atoms with E-state index in [9.17, 15) is 4.79 Å². The molecular weight excluding hydrogens is 338 g/mol. The number of aromatic nitrogens is 1. The highest BCUT2D eigenvalue weighted by Gasteiger charge is 2.16. The zero-order valence-electron chi connectivity index (χ0n) is 13.3. The van der Waals surface area contributed by atoms with E-state index in [-0.39, 0.29) is 6.61 Å². The van der Waals surface area contributed by atoms with Crippen LogP contribution >= 0.6 is 11.3 Å². The number of rotatable bonds is 4. The zero-order chi connectivity index (χ0) is 17.1. The molecule has 1 aliphatic heterocycles. The van der Waals surface area contributed by atoms with Crippen LogP contribution in [-0.2, 0) is 11.3 Å². The molecule has 2 heterocycles. The maximum Gasteiger partial charge on any atom is 0.338 e. The van der Waals surface area contributed by atoms with Gasteiger partial charge in [0, 0.05) is 11.8 Å². The molecule has 0 aliphatic carbocycles. The first-order chi connectivity index (χ1) is 12.3. The zero-order valence-corrected chi connectivity index (χ0v) is 14.1. The van der Waals surface area contributed by atoms with Gasteiger partial charge in [0.2, 0.25) is 0 Å². The molecule has 0 radical (unpaired) electrons. The van der Waals surface area contributed by atoms with E-state index in [1.54, 1.807) is 24.4 Å². The normalized spacial score (nSPS) is 12.6. The minimum absolute atomic E-state index is 0.192. The van der Waals surface area contributed by atoms with Crippen LogP contribution in [0.15, 0.2) is 54.7 Å². The molecule has 0 saturated carbocycles.